The lowest BCUT2D eigenvalue weighted by Gasteiger charge is -2.11. The molecule has 1 N–H and O–H groups in total. The van der Waals surface area contributed by atoms with Gasteiger partial charge in [0.2, 0.25) is 0 Å². The quantitative estimate of drug-likeness (QED) is 0.882. The smallest absolute Gasteiger partial charge is 0.0439 e. The van der Waals surface area contributed by atoms with Crippen molar-refractivity contribution in [1.29, 1.82) is 0 Å². The van der Waals surface area contributed by atoms with Crippen LogP contribution in [0.3, 0.4) is 0 Å². The summed E-state index contributed by atoms with van der Waals surface area (Å²) in [5.74, 6) is 0. The van der Waals surface area contributed by atoms with Crippen molar-refractivity contribution < 1.29 is 0 Å². The minimum absolute atomic E-state index is 0.451. The molecule has 0 spiro atoms. The van der Waals surface area contributed by atoms with Gasteiger partial charge in [-0.15, -0.1) is 0 Å². The summed E-state index contributed by atoms with van der Waals surface area (Å²) in [6.45, 7) is 2.14. The lowest BCUT2D eigenvalue weighted by atomic mass is 10.1. The van der Waals surface area contributed by atoms with Crippen LogP contribution in [0.2, 0.25) is 5.02 Å². The number of nitrogens with one attached hydrogen (secondary N) is 1. The monoisotopic (exact) mass is 261 g/mol. The fourth-order valence-corrected chi connectivity index (χ4v) is 1.73. The van der Waals surface area contributed by atoms with Crippen molar-refractivity contribution in [2.24, 2.45) is 0 Å². The SMILES string of the molecule is CNC(C)Cc1cc(Br)ccc1Cl. The number of likely N-dealkylation sites (N-methyl/N-ethyl adjacent to an activating group) is 1. The topological polar surface area (TPSA) is 12.0 Å². The van der Waals surface area contributed by atoms with E-state index in [9.17, 15) is 0 Å². The van der Waals surface area contributed by atoms with Gasteiger partial charge in [-0.2, -0.15) is 0 Å². The number of benzene rings is 1. The molecule has 0 radical (unpaired) electrons. The fourth-order valence-electron chi connectivity index (χ4n) is 1.13. The Hall–Kier alpha value is -0.0500. The molecular formula is C10H13BrClN. The molecule has 1 nitrogen and oxygen atoms in total. The number of halogens is 2. The third-order valence-electron chi connectivity index (χ3n) is 2.03. The third-order valence-corrected chi connectivity index (χ3v) is 2.89. The van der Waals surface area contributed by atoms with E-state index in [4.69, 9.17) is 11.6 Å². The van der Waals surface area contributed by atoms with Gasteiger partial charge in [0.25, 0.3) is 0 Å². The Morgan fingerprint density at radius 3 is 2.85 bits per heavy atom. The molecule has 0 saturated heterocycles. The first-order chi connectivity index (χ1) is 6.13. The normalized spacial score (nSPS) is 12.9. The fraction of sp³-hybridized carbons (Fsp3) is 0.400. The molecule has 1 atom stereocenters. The zero-order valence-electron chi connectivity index (χ0n) is 7.77. The lowest BCUT2D eigenvalue weighted by Crippen LogP contribution is -2.23. The zero-order valence-corrected chi connectivity index (χ0v) is 10.1. The molecule has 1 rings (SSSR count). The van der Waals surface area contributed by atoms with Gasteiger partial charge < -0.3 is 5.32 Å². The average Bonchev–Trinajstić information content (AvgIpc) is 2.11. The van der Waals surface area contributed by atoms with Crippen LogP contribution >= 0.6 is 27.5 Å². The van der Waals surface area contributed by atoms with E-state index in [1.54, 1.807) is 0 Å². The minimum Gasteiger partial charge on any atom is -0.317 e. The van der Waals surface area contributed by atoms with Crippen molar-refractivity contribution in [3.05, 3.63) is 33.3 Å². The molecule has 1 aromatic rings. The molecule has 3 heteroatoms. The summed E-state index contributed by atoms with van der Waals surface area (Å²) < 4.78 is 1.08. The van der Waals surface area contributed by atoms with Gasteiger partial charge in [0.1, 0.15) is 0 Å². The van der Waals surface area contributed by atoms with Crippen molar-refractivity contribution in [3.63, 3.8) is 0 Å². The molecule has 0 amide bonds. The number of hydrogen-bond donors (Lipinski definition) is 1. The average molecular weight is 263 g/mol. The van der Waals surface area contributed by atoms with E-state index in [1.807, 2.05) is 19.2 Å². The van der Waals surface area contributed by atoms with Gasteiger partial charge >= 0.3 is 0 Å². The molecule has 0 aliphatic rings. The van der Waals surface area contributed by atoms with E-state index in [0.717, 1.165) is 15.9 Å². The number of hydrogen-bond acceptors (Lipinski definition) is 1. The zero-order chi connectivity index (χ0) is 9.84. The van der Waals surface area contributed by atoms with Crippen LogP contribution in [-0.2, 0) is 6.42 Å². The Morgan fingerprint density at radius 1 is 1.54 bits per heavy atom. The van der Waals surface area contributed by atoms with Crippen molar-refractivity contribution in [3.8, 4) is 0 Å². The van der Waals surface area contributed by atoms with E-state index in [2.05, 4.69) is 34.2 Å². The highest BCUT2D eigenvalue weighted by molar-refractivity contribution is 9.10. The van der Waals surface area contributed by atoms with E-state index in [-0.39, 0.29) is 0 Å². The van der Waals surface area contributed by atoms with Crippen LogP contribution in [0.1, 0.15) is 12.5 Å². The molecule has 1 aromatic carbocycles. The Morgan fingerprint density at radius 2 is 2.23 bits per heavy atom. The van der Waals surface area contributed by atoms with Crippen molar-refractivity contribution in [2.75, 3.05) is 7.05 Å². The Bertz CT molecular complexity index is 288. The van der Waals surface area contributed by atoms with Crippen LogP contribution in [0.25, 0.3) is 0 Å². The molecule has 0 aliphatic carbocycles. The van der Waals surface area contributed by atoms with Crippen LogP contribution in [0.15, 0.2) is 22.7 Å². The highest BCUT2D eigenvalue weighted by Gasteiger charge is 2.05. The Balaban J connectivity index is 2.81. The second-order valence-electron chi connectivity index (χ2n) is 3.13. The van der Waals surface area contributed by atoms with Crippen LogP contribution in [0.5, 0.6) is 0 Å². The third kappa shape index (κ3) is 3.29. The molecule has 0 saturated carbocycles. The van der Waals surface area contributed by atoms with E-state index in [0.29, 0.717) is 6.04 Å². The first kappa shape index (κ1) is 11.0. The Labute approximate surface area is 92.6 Å². The molecule has 0 aliphatic heterocycles. The first-order valence-electron chi connectivity index (χ1n) is 4.24. The van der Waals surface area contributed by atoms with Gasteiger partial charge in [0.15, 0.2) is 0 Å². The van der Waals surface area contributed by atoms with Crippen molar-refractivity contribution in [1.82, 2.24) is 5.32 Å². The van der Waals surface area contributed by atoms with Crippen LogP contribution in [-0.4, -0.2) is 13.1 Å². The first-order valence-corrected chi connectivity index (χ1v) is 5.41. The van der Waals surface area contributed by atoms with E-state index >= 15 is 0 Å². The largest absolute Gasteiger partial charge is 0.317 e. The standard InChI is InChI=1S/C10H13BrClN/c1-7(13-2)5-8-6-9(11)3-4-10(8)12/h3-4,6-7,13H,5H2,1-2H3. The molecule has 0 fully saturated rings. The highest BCUT2D eigenvalue weighted by Crippen LogP contribution is 2.22. The molecular weight excluding hydrogens is 249 g/mol. The molecule has 0 heterocycles. The van der Waals surface area contributed by atoms with Gasteiger partial charge in [0.05, 0.1) is 0 Å². The second kappa shape index (κ2) is 4.99. The van der Waals surface area contributed by atoms with Gasteiger partial charge in [-0.25, -0.2) is 0 Å². The summed E-state index contributed by atoms with van der Waals surface area (Å²) in [5.41, 5.74) is 1.18. The molecule has 1 unspecified atom stereocenters. The molecule has 0 bridgehead atoms. The summed E-state index contributed by atoms with van der Waals surface area (Å²) in [6, 6.07) is 6.39. The maximum Gasteiger partial charge on any atom is 0.0439 e. The summed E-state index contributed by atoms with van der Waals surface area (Å²) in [7, 11) is 1.95. The lowest BCUT2D eigenvalue weighted by molar-refractivity contribution is 0.608. The summed E-state index contributed by atoms with van der Waals surface area (Å²) in [5, 5.41) is 4.02. The van der Waals surface area contributed by atoms with Crippen LogP contribution in [0, 0.1) is 0 Å². The van der Waals surface area contributed by atoms with Gasteiger partial charge in [-0.3, -0.25) is 0 Å². The van der Waals surface area contributed by atoms with E-state index in [1.165, 1.54) is 5.56 Å². The van der Waals surface area contributed by atoms with E-state index < -0.39 is 0 Å². The predicted octanol–water partition coefficient (Wildman–Crippen LogP) is 3.25. The van der Waals surface area contributed by atoms with Gasteiger partial charge in [0, 0.05) is 15.5 Å². The molecule has 13 heavy (non-hydrogen) atoms. The molecule has 72 valence electrons. The molecule has 0 aromatic heterocycles. The van der Waals surface area contributed by atoms with Crippen molar-refractivity contribution >= 4 is 27.5 Å². The number of rotatable bonds is 3. The Kier molecular flexibility index (Phi) is 4.23. The predicted molar refractivity (Wildman–Crippen MR) is 61.4 cm³/mol. The van der Waals surface area contributed by atoms with Crippen LogP contribution < -0.4 is 5.32 Å². The summed E-state index contributed by atoms with van der Waals surface area (Å²) >= 11 is 9.48. The maximum atomic E-state index is 6.05. The van der Waals surface area contributed by atoms with Gasteiger partial charge in [-0.05, 0) is 44.2 Å². The summed E-state index contributed by atoms with van der Waals surface area (Å²) in [4.78, 5) is 0. The maximum absolute atomic E-state index is 6.05. The van der Waals surface area contributed by atoms with Crippen molar-refractivity contribution in [2.45, 2.75) is 19.4 Å². The van der Waals surface area contributed by atoms with Crippen LogP contribution in [0.4, 0.5) is 0 Å². The van der Waals surface area contributed by atoms with Gasteiger partial charge in [-0.1, -0.05) is 27.5 Å². The second-order valence-corrected chi connectivity index (χ2v) is 4.45. The summed E-state index contributed by atoms with van der Waals surface area (Å²) in [6.07, 6.45) is 0.953. The highest BCUT2D eigenvalue weighted by atomic mass is 79.9. The minimum atomic E-state index is 0.451.